The first kappa shape index (κ1) is 13.9. The average molecular weight is 281 g/mol. The second-order valence-corrected chi connectivity index (χ2v) is 5.64. The van der Waals surface area contributed by atoms with Gasteiger partial charge in [-0.15, -0.1) is 0 Å². The van der Waals surface area contributed by atoms with Crippen LogP contribution in [0.15, 0.2) is 12.1 Å². The van der Waals surface area contributed by atoms with Crippen LogP contribution in [0.4, 0.5) is 11.4 Å². The van der Waals surface area contributed by atoms with Gasteiger partial charge in [-0.25, -0.2) is 0 Å². The molecule has 1 amide bonds. The molecule has 0 aromatic heterocycles. The lowest BCUT2D eigenvalue weighted by Crippen LogP contribution is -2.20. The van der Waals surface area contributed by atoms with Gasteiger partial charge in [0.25, 0.3) is 11.7 Å². The lowest BCUT2D eigenvalue weighted by Gasteiger charge is -2.22. The number of hydrogen-bond acceptors (Lipinski definition) is 3. The number of ketones is 1. The molecule has 1 aromatic rings. The fourth-order valence-corrected chi connectivity index (χ4v) is 2.33. The Hall–Kier alpha value is -1.55. The predicted molar refractivity (Wildman–Crippen MR) is 77.1 cm³/mol. The lowest BCUT2D eigenvalue weighted by atomic mass is 10.1. The summed E-state index contributed by atoms with van der Waals surface area (Å²) in [5.41, 5.74) is 1.73. The van der Waals surface area contributed by atoms with Crippen LogP contribution < -0.4 is 10.2 Å². The van der Waals surface area contributed by atoms with Gasteiger partial charge in [-0.3, -0.25) is 9.59 Å². The number of carbonyl (C=O) groups is 2. The number of rotatable bonds is 4. The summed E-state index contributed by atoms with van der Waals surface area (Å²) >= 11 is 6.20. The Morgan fingerprint density at radius 2 is 2.00 bits per heavy atom. The molecular weight excluding hydrogens is 264 g/mol. The minimum absolute atomic E-state index is 0.357. The van der Waals surface area contributed by atoms with Crippen LogP contribution in [0.25, 0.3) is 0 Å². The number of carbonyl (C=O) groups excluding carboxylic acids is 2. The van der Waals surface area contributed by atoms with Crippen LogP contribution >= 0.6 is 11.6 Å². The third-order valence-corrected chi connectivity index (χ3v) is 3.54. The second kappa shape index (κ2) is 5.21. The van der Waals surface area contributed by atoms with E-state index in [1.165, 1.54) is 0 Å². The number of hydrogen-bond donors (Lipinski definition) is 1. The maximum absolute atomic E-state index is 11.6. The molecule has 1 aliphatic rings. The minimum atomic E-state index is -0.590. The lowest BCUT2D eigenvalue weighted by molar-refractivity contribution is -0.112. The highest BCUT2D eigenvalue weighted by Gasteiger charge is 2.29. The van der Waals surface area contributed by atoms with Crippen molar-refractivity contribution in [1.82, 2.24) is 0 Å². The summed E-state index contributed by atoms with van der Waals surface area (Å²) in [6.07, 6.45) is 1.05. The highest BCUT2D eigenvalue weighted by molar-refractivity contribution is 6.52. The average Bonchev–Trinajstić information content (AvgIpc) is 2.61. The van der Waals surface area contributed by atoms with Gasteiger partial charge in [0.1, 0.15) is 0 Å². The molecular formula is C14H17ClN2O2. The largest absolute Gasteiger partial charge is 0.373 e. The van der Waals surface area contributed by atoms with Crippen molar-refractivity contribution in [3.8, 4) is 0 Å². The Kier molecular flexibility index (Phi) is 3.80. The third-order valence-electron chi connectivity index (χ3n) is 3.24. The van der Waals surface area contributed by atoms with Crippen LogP contribution in [0.5, 0.6) is 0 Å². The molecule has 1 N–H and O–H groups in total. The molecule has 0 atom stereocenters. The highest BCUT2D eigenvalue weighted by atomic mass is 35.5. The summed E-state index contributed by atoms with van der Waals surface area (Å²) < 4.78 is 0. The van der Waals surface area contributed by atoms with E-state index in [0.717, 1.165) is 18.7 Å². The van der Waals surface area contributed by atoms with Gasteiger partial charge in [0.05, 0.1) is 22.0 Å². The van der Waals surface area contributed by atoms with Crippen LogP contribution in [0, 0.1) is 5.92 Å². The predicted octanol–water partition coefficient (Wildman–Crippen LogP) is 2.96. The summed E-state index contributed by atoms with van der Waals surface area (Å²) in [5.74, 6) is -0.502. The van der Waals surface area contributed by atoms with Crippen molar-refractivity contribution in [2.75, 3.05) is 23.8 Å². The zero-order chi connectivity index (χ0) is 14.2. The van der Waals surface area contributed by atoms with Crippen LogP contribution in [0.3, 0.4) is 0 Å². The van der Waals surface area contributed by atoms with Crippen molar-refractivity contribution in [3.05, 3.63) is 22.7 Å². The summed E-state index contributed by atoms with van der Waals surface area (Å²) in [6, 6.07) is 3.33. The highest BCUT2D eigenvalue weighted by Crippen LogP contribution is 2.34. The van der Waals surface area contributed by atoms with Gasteiger partial charge in [0.15, 0.2) is 0 Å². The van der Waals surface area contributed by atoms with Crippen molar-refractivity contribution < 1.29 is 9.59 Å². The molecule has 1 heterocycles. The molecule has 19 heavy (non-hydrogen) atoms. The molecule has 1 aliphatic heterocycles. The molecule has 0 aliphatic carbocycles. The van der Waals surface area contributed by atoms with Crippen LogP contribution in [0.2, 0.25) is 5.02 Å². The maximum atomic E-state index is 11.6. The van der Waals surface area contributed by atoms with Crippen molar-refractivity contribution in [3.63, 3.8) is 0 Å². The number of nitrogens with zero attached hydrogens (tertiary/aromatic N) is 1. The third kappa shape index (κ3) is 2.73. The molecule has 0 radical (unpaired) electrons. The Morgan fingerprint density at radius 3 is 2.63 bits per heavy atom. The van der Waals surface area contributed by atoms with Crippen LogP contribution in [-0.2, 0) is 4.79 Å². The van der Waals surface area contributed by atoms with E-state index in [2.05, 4.69) is 19.2 Å². The first-order valence-electron chi connectivity index (χ1n) is 6.30. The normalized spacial score (nSPS) is 13.7. The Balaban J connectivity index is 2.27. The summed E-state index contributed by atoms with van der Waals surface area (Å²) in [5, 5.41) is 3.06. The van der Waals surface area contributed by atoms with Gasteiger partial charge in [-0.05, 0) is 24.5 Å². The zero-order valence-corrected chi connectivity index (χ0v) is 12.0. The van der Waals surface area contributed by atoms with Gasteiger partial charge >= 0.3 is 0 Å². The number of amides is 1. The summed E-state index contributed by atoms with van der Waals surface area (Å²) in [6.45, 7) is 5.20. The molecule has 0 bridgehead atoms. The van der Waals surface area contributed by atoms with Crippen molar-refractivity contribution in [1.29, 1.82) is 0 Å². The molecule has 0 spiro atoms. The standard InChI is InChI=1S/C14H17ClN2O2/c1-8(2)4-5-17(3)12-7-11-9(6-10(12)15)13(18)14(19)16-11/h6-8H,4-5H2,1-3H3,(H,16,18,19). The first-order valence-corrected chi connectivity index (χ1v) is 6.68. The number of Topliss-reactive ketones (excluding diaryl/α,β-unsaturated/α-hetero) is 1. The number of fused-ring (bicyclic) bond motifs is 1. The van der Waals surface area contributed by atoms with Gasteiger partial charge in [0.2, 0.25) is 0 Å². The Morgan fingerprint density at radius 1 is 1.32 bits per heavy atom. The molecule has 2 rings (SSSR count). The topological polar surface area (TPSA) is 49.4 Å². The van der Waals surface area contributed by atoms with Gasteiger partial charge in [0, 0.05) is 13.6 Å². The van der Waals surface area contributed by atoms with Crippen LogP contribution in [0.1, 0.15) is 30.6 Å². The minimum Gasteiger partial charge on any atom is -0.373 e. The summed E-state index contributed by atoms with van der Waals surface area (Å²) in [4.78, 5) is 24.9. The van der Waals surface area contributed by atoms with Gasteiger partial charge in [-0.2, -0.15) is 0 Å². The number of benzene rings is 1. The van der Waals surface area contributed by atoms with Crippen molar-refractivity contribution in [2.45, 2.75) is 20.3 Å². The van der Waals surface area contributed by atoms with Crippen LogP contribution in [-0.4, -0.2) is 25.3 Å². The van der Waals surface area contributed by atoms with E-state index < -0.39 is 11.7 Å². The fourth-order valence-electron chi connectivity index (χ4n) is 2.02. The van der Waals surface area contributed by atoms with E-state index in [0.29, 0.717) is 22.2 Å². The second-order valence-electron chi connectivity index (χ2n) is 5.24. The number of anilines is 2. The molecule has 0 saturated heterocycles. The Labute approximate surface area is 117 Å². The molecule has 0 saturated carbocycles. The Bertz CT molecular complexity index is 540. The number of nitrogens with one attached hydrogen (secondary N) is 1. The van der Waals surface area contributed by atoms with E-state index in [-0.39, 0.29) is 0 Å². The molecule has 0 fully saturated rings. The molecule has 4 nitrogen and oxygen atoms in total. The monoisotopic (exact) mass is 280 g/mol. The molecule has 5 heteroatoms. The van der Waals surface area contributed by atoms with E-state index in [4.69, 9.17) is 11.6 Å². The molecule has 102 valence electrons. The van der Waals surface area contributed by atoms with E-state index in [1.807, 2.05) is 11.9 Å². The van der Waals surface area contributed by atoms with E-state index >= 15 is 0 Å². The SMILES string of the molecule is CC(C)CCN(C)c1cc2c(cc1Cl)C(=O)C(=O)N2. The zero-order valence-electron chi connectivity index (χ0n) is 11.3. The van der Waals surface area contributed by atoms with Gasteiger partial charge in [-0.1, -0.05) is 25.4 Å². The summed E-state index contributed by atoms with van der Waals surface area (Å²) in [7, 11) is 1.95. The fraction of sp³-hybridized carbons (Fsp3) is 0.429. The number of halogens is 1. The van der Waals surface area contributed by atoms with Crippen molar-refractivity contribution in [2.24, 2.45) is 5.92 Å². The van der Waals surface area contributed by atoms with Gasteiger partial charge < -0.3 is 10.2 Å². The molecule has 1 aromatic carbocycles. The molecule has 0 unspecified atom stereocenters. The smallest absolute Gasteiger partial charge is 0.296 e. The maximum Gasteiger partial charge on any atom is 0.296 e. The quantitative estimate of drug-likeness (QED) is 0.863. The van der Waals surface area contributed by atoms with E-state index in [9.17, 15) is 9.59 Å². The van der Waals surface area contributed by atoms with E-state index in [1.54, 1.807) is 12.1 Å². The van der Waals surface area contributed by atoms with Crippen molar-refractivity contribution >= 4 is 34.7 Å². The first-order chi connectivity index (χ1) is 8.90.